The molecule has 36 heavy (non-hydrogen) atoms. The number of nitrogens with one attached hydrogen (secondary N) is 1. The summed E-state index contributed by atoms with van der Waals surface area (Å²) in [6.45, 7) is 2.07. The van der Waals surface area contributed by atoms with E-state index in [9.17, 15) is 14.4 Å². The third-order valence-corrected chi connectivity index (χ3v) is 6.66. The highest BCUT2D eigenvalue weighted by molar-refractivity contribution is 6.05. The summed E-state index contributed by atoms with van der Waals surface area (Å²) in [7, 11) is 0. The lowest BCUT2D eigenvalue weighted by Crippen LogP contribution is -2.30. The van der Waals surface area contributed by atoms with Crippen LogP contribution in [0.25, 0.3) is 0 Å². The van der Waals surface area contributed by atoms with Crippen molar-refractivity contribution in [3.05, 3.63) is 76.8 Å². The van der Waals surface area contributed by atoms with Crippen LogP contribution in [0.2, 0.25) is 0 Å². The highest BCUT2D eigenvalue weighted by Crippen LogP contribution is 2.48. The third-order valence-electron chi connectivity index (χ3n) is 6.66. The first-order chi connectivity index (χ1) is 17.5. The minimum absolute atomic E-state index is 0.0297. The van der Waals surface area contributed by atoms with Crippen molar-refractivity contribution in [2.45, 2.75) is 51.4 Å². The van der Waals surface area contributed by atoms with Crippen LogP contribution in [0.5, 0.6) is 11.5 Å². The number of carbonyl (C=O) groups is 3. The van der Waals surface area contributed by atoms with E-state index in [1.165, 1.54) is 0 Å². The SMILES string of the molecule is CCOc1cc(C2C3=C(CCCC3=O)OC3=C2C(=O)CCC3)ccc1OCC(=O)Nc1ccccc1. The van der Waals surface area contributed by atoms with Crippen LogP contribution in [0.1, 0.15) is 56.9 Å². The maximum Gasteiger partial charge on any atom is 0.262 e. The molecule has 0 fully saturated rings. The molecule has 7 heteroatoms. The average Bonchev–Trinajstić information content (AvgIpc) is 2.88. The third kappa shape index (κ3) is 4.78. The molecule has 0 saturated carbocycles. The van der Waals surface area contributed by atoms with Gasteiger partial charge < -0.3 is 19.5 Å². The lowest BCUT2D eigenvalue weighted by molar-refractivity contribution is -0.119. The zero-order valence-corrected chi connectivity index (χ0v) is 20.3. The van der Waals surface area contributed by atoms with Gasteiger partial charge in [0.2, 0.25) is 0 Å². The van der Waals surface area contributed by atoms with Crippen LogP contribution in [-0.4, -0.2) is 30.7 Å². The van der Waals surface area contributed by atoms with E-state index >= 15 is 0 Å². The molecule has 1 amide bonds. The van der Waals surface area contributed by atoms with Crippen molar-refractivity contribution >= 4 is 23.2 Å². The standard InChI is InChI=1S/C29H29NO6/c1-2-34-25-16-18(14-15-22(25)35-17-26(33)30-19-8-4-3-5-9-19)27-28-20(31)10-6-12-23(28)36-24-13-7-11-21(32)29(24)27/h3-5,8-9,14-16,27H,2,6-7,10-13,17H2,1H3,(H,30,33). The fraction of sp³-hybridized carbons (Fsp3) is 0.345. The van der Waals surface area contributed by atoms with E-state index in [4.69, 9.17) is 14.2 Å². The van der Waals surface area contributed by atoms with Gasteiger partial charge in [-0.2, -0.15) is 0 Å². The van der Waals surface area contributed by atoms with Gasteiger partial charge in [-0.15, -0.1) is 0 Å². The first kappa shape index (κ1) is 23.9. The molecule has 1 heterocycles. The lowest BCUT2D eigenvalue weighted by atomic mass is 9.73. The van der Waals surface area contributed by atoms with Gasteiger partial charge in [-0.3, -0.25) is 14.4 Å². The van der Waals surface area contributed by atoms with Gasteiger partial charge >= 0.3 is 0 Å². The number of carbonyl (C=O) groups excluding carboxylic acids is 3. The number of hydrogen-bond donors (Lipinski definition) is 1. The normalized spacial score (nSPS) is 17.8. The Morgan fingerprint density at radius 1 is 0.889 bits per heavy atom. The molecule has 0 radical (unpaired) electrons. The topological polar surface area (TPSA) is 90.9 Å². The molecule has 3 aliphatic rings. The Kier molecular flexibility index (Phi) is 6.89. The predicted octanol–water partition coefficient (Wildman–Crippen LogP) is 5.23. The van der Waals surface area contributed by atoms with Crippen LogP contribution in [-0.2, 0) is 19.1 Å². The Hall–Kier alpha value is -3.87. The molecule has 0 aromatic heterocycles. The maximum atomic E-state index is 13.0. The largest absolute Gasteiger partial charge is 0.490 e. The van der Waals surface area contributed by atoms with Crippen molar-refractivity contribution < 1.29 is 28.6 Å². The van der Waals surface area contributed by atoms with Gasteiger partial charge in [0.05, 0.1) is 6.61 Å². The quantitative estimate of drug-likeness (QED) is 0.575. The fourth-order valence-electron chi connectivity index (χ4n) is 5.10. The number of ketones is 2. The zero-order chi connectivity index (χ0) is 25.1. The van der Waals surface area contributed by atoms with Gasteiger partial charge in [0, 0.05) is 48.4 Å². The molecule has 5 rings (SSSR count). The molecule has 7 nitrogen and oxygen atoms in total. The smallest absolute Gasteiger partial charge is 0.262 e. The molecule has 1 N–H and O–H groups in total. The maximum absolute atomic E-state index is 13.0. The Balaban J connectivity index is 1.44. The van der Waals surface area contributed by atoms with Crippen LogP contribution < -0.4 is 14.8 Å². The monoisotopic (exact) mass is 487 g/mol. The van der Waals surface area contributed by atoms with Crippen molar-refractivity contribution in [3.8, 4) is 11.5 Å². The lowest BCUT2D eigenvalue weighted by Gasteiger charge is -2.36. The van der Waals surface area contributed by atoms with Gasteiger partial charge in [-0.05, 0) is 49.6 Å². The van der Waals surface area contributed by atoms with Gasteiger partial charge in [0.1, 0.15) is 11.5 Å². The van der Waals surface area contributed by atoms with E-state index in [0.29, 0.717) is 72.1 Å². The van der Waals surface area contributed by atoms with Crippen molar-refractivity contribution in [1.82, 2.24) is 0 Å². The molecule has 2 aromatic rings. The Labute approximate surface area is 210 Å². The predicted molar refractivity (Wildman–Crippen MR) is 134 cm³/mol. The van der Waals surface area contributed by atoms with E-state index in [-0.39, 0.29) is 24.1 Å². The fourth-order valence-corrected chi connectivity index (χ4v) is 5.10. The molecular weight excluding hydrogens is 458 g/mol. The summed E-state index contributed by atoms with van der Waals surface area (Å²) < 4.78 is 17.8. The number of rotatable bonds is 7. The van der Waals surface area contributed by atoms with Crippen LogP contribution in [0, 0.1) is 0 Å². The van der Waals surface area contributed by atoms with Gasteiger partial charge in [-0.1, -0.05) is 24.3 Å². The summed E-state index contributed by atoms with van der Waals surface area (Å²) in [4.78, 5) is 38.4. The summed E-state index contributed by atoms with van der Waals surface area (Å²) in [5, 5.41) is 2.79. The summed E-state index contributed by atoms with van der Waals surface area (Å²) in [6.07, 6.45) is 3.79. The van der Waals surface area contributed by atoms with Crippen LogP contribution >= 0.6 is 0 Å². The van der Waals surface area contributed by atoms with Gasteiger partial charge in [0.15, 0.2) is 29.7 Å². The molecule has 2 aliphatic carbocycles. The Morgan fingerprint density at radius 3 is 2.19 bits per heavy atom. The number of para-hydroxylation sites is 1. The summed E-state index contributed by atoms with van der Waals surface area (Å²) in [6, 6.07) is 14.6. The number of ether oxygens (including phenoxy) is 3. The van der Waals surface area contributed by atoms with Gasteiger partial charge in [0.25, 0.3) is 5.91 Å². The van der Waals surface area contributed by atoms with Crippen LogP contribution in [0.4, 0.5) is 5.69 Å². The van der Waals surface area contributed by atoms with Crippen LogP contribution in [0.3, 0.4) is 0 Å². The first-order valence-electron chi connectivity index (χ1n) is 12.5. The minimum Gasteiger partial charge on any atom is -0.490 e. The highest BCUT2D eigenvalue weighted by atomic mass is 16.5. The first-order valence-corrected chi connectivity index (χ1v) is 12.5. The van der Waals surface area contributed by atoms with E-state index in [0.717, 1.165) is 18.4 Å². The summed E-state index contributed by atoms with van der Waals surface area (Å²) in [5.74, 6) is 1.57. The average molecular weight is 488 g/mol. The number of Topliss-reactive ketones (excluding diaryl/α,β-unsaturated/α-hetero) is 2. The molecule has 1 aliphatic heterocycles. The number of amides is 1. The summed E-state index contributed by atoms with van der Waals surface area (Å²) in [5.41, 5.74) is 2.66. The second-order valence-corrected chi connectivity index (χ2v) is 9.10. The molecule has 2 aromatic carbocycles. The summed E-state index contributed by atoms with van der Waals surface area (Å²) >= 11 is 0. The number of benzene rings is 2. The second-order valence-electron chi connectivity index (χ2n) is 9.10. The zero-order valence-electron chi connectivity index (χ0n) is 20.3. The van der Waals surface area contributed by atoms with E-state index < -0.39 is 5.92 Å². The van der Waals surface area contributed by atoms with Crippen LogP contribution in [0.15, 0.2) is 71.2 Å². The molecule has 0 spiro atoms. The Morgan fingerprint density at radius 2 is 1.56 bits per heavy atom. The number of hydrogen-bond acceptors (Lipinski definition) is 6. The van der Waals surface area contributed by atoms with Crippen molar-refractivity contribution in [1.29, 1.82) is 0 Å². The van der Waals surface area contributed by atoms with Crippen molar-refractivity contribution in [3.63, 3.8) is 0 Å². The van der Waals surface area contributed by atoms with Gasteiger partial charge in [-0.25, -0.2) is 0 Å². The van der Waals surface area contributed by atoms with E-state index in [2.05, 4.69) is 5.32 Å². The Bertz CT molecular complexity index is 1220. The molecule has 0 bridgehead atoms. The van der Waals surface area contributed by atoms with E-state index in [1.807, 2.05) is 37.3 Å². The highest BCUT2D eigenvalue weighted by Gasteiger charge is 2.42. The molecule has 0 unspecified atom stereocenters. The van der Waals surface area contributed by atoms with E-state index in [1.54, 1.807) is 18.2 Å². The molecule has 0 atom stereocenters. The molecular formula is C29H29NO6. The molecule has 186 valence electrons. The number of allylic oxidation sites excluding steroid dienone is 4. The minimum atomic E-state index is -0.473. The second kappa shape index (κ2) is 10.4. The van der Waals surface area contributed by atoms with Crippen molar-refractivity contribution in [2.75, 3.05) is 18.5 Å². The van der Waals surface area contributed by atoms with Crippen molar-refractivity contribution in [2.24, 2.45) is 0 Å². The molecule has 0 saturated heterocycles. The number of anilines is 1.